The van der Waals surface area contributed by atoms with Gasteiger partial charge < -0.3 is 15.2 Å². The van der Waals surface area contributed by atoms with Gasteiger partial charge in [0.2, 0.25) is 0 Å². The van der Waals surface area contributed by atoms with Crippen LogP contribution in [0.1, 0.15) is 25.8 Å². The molecule has 2 unspecified atom stereocenters. The molecule has 0 bridgehead atoms. The average molecular weight is 235 g/mol. The predicted molar refractivity (Wildman–Crippen MR) is 68.3 cm³/mol. The maximum Gasteiger partial charge on any atom is 0.126 e. The van der Waals surface area contributed by atoms with E-state index in [4.69, 9.17) is 15.2 Å². The summed E-state index contributed by atoms with van der Waals surface area (Å²) >= 11 is 0. The highest BCUT2D eigenvalue weighted by Gasteiger charge is 2.27. The number of hydrogen-bond acceptors (Lipinski definition) is 3. The molecule has 2 atom stereocenters. The number of hydrogen-bond donors (Lipinski definition) is 1. The zero-order valence-electron chi connectivity index (χ0n) is 10.6. The molecule has 3 heteroatoms. The van der Waals surface area contributed by atoms with Crippen molar-refractivity contribution in [2.45, 2.75) is 38.4 Å². The van der Waals surface area contributed by atoms with E-state index in [-0.39, 0.29) is 11.7 Å². The first-order valence-corrected chi connectivity index (χ1v) is 6.25. The second kappa shape index (κ2) is 5.07. The van der Waals surface area contributed by atoms with Crippen molar-refractivity contribution in [2.75, 3.05) is 13.2 Å². The molecule has 2 N–H and O–H groups in total. The fraction of sp³-hybridized carbons (Fsp3) is 0.571. The SMILES string of the molecule is CCC(C)(CN)OCC1Cc2ccccc2O1. The minimum Gasteiger partial charge on any atom is -0.487 e. The third kappa shape index (κ3) is 2.79. The Bertz CT molecular complexity index is 349. The molecular weight excluding hydrogens is 214 g/mol. The zero-order chi connectivity index (χ0) is 12.3. The molecule has 1 aromatic rings. The molecule has 1 aliphatic heterocycles. The monoisotopic (exact) mass is 235 g/mol. The van der Waals surface area contributed by atoms with Crippen LogP contribution in [0.5, 0.6) is 5.75 Å². The van der Waals surface area contributed by atoms with Gasteiger partial charge in [-0.2, -0.15) is 0 Å². The molecule has 1 heterocycles. The highest BCUT2D eigenvalue weighted by Crippen LogP contribution is 2.29. The van der Waals surface area contributed by atoms with Crippen molar-refractivity contribution >= 4 is 0 Å². The van der Waals surface area contributed by atoms with E-state index in [1.54, 1.807) is 0 Å². The fourth-order valence-electron chi connectivity index (χ4n) is 1.95. The second-order valence-electron chi connectivity index (χ2n) is 4.87. The summed E-state index contributed by atoms with van der Waals surface area (Å²) in [6.45, 7) is 5.30. The highest BCUT2D eigenvalue weighted by atomic mass is 16.5. The van der Waals surface area contributed by atoms with Crippen molar-refractivity contribution in [1.82, 2.24) is 0 Å². The van der Waals surface area contributed by atoms with E-state index in [0.717, 1.165) is 18.6 Å². The van der Waals surface area contributed by atoms with Crippen molar-refractivity contribution in [3.05, 3.63) is 29.8 Å². The van der Waals surface area contributed by atoms with Gasteiger partial charge in [-0.25, -0.2) is 0 Å². The van der Waals surface area contributed by atoms with Crippen molar-refractivity contribution in [1.29, 1.82) is 0 Å². The third-order valence-corrected chi connectivity index (χ3v) is 3.51. The normalized spacial score (nSPS) is 21.7. The number of para-hydroxylation sites is 1. The molecule has 0 aromatic heterocycles. The standard InChI is InChI=1S/C14H21NO2/c1-3-14(2,10-15)16-9-12-8-11-6-4-5-7-13(11)17-12/h4-7,12H,3,8-10,15H2,1-2H3. The van der Waals surface area contributed by atoms with Gasteiger partial charge in [0.05, 0.1) is 12.2 Å². The van der Waals surface area contributed by atoms with Crippen LogP contribution in [0, 0.1) is 0 Å². The van der Waals surface area contributed by atoms with Crippen molar-refractivity contribution in [3.63, 3.8) is 0 Å². The quantitative estimate of drug-likeness (QED) is 0.850. The molecule has 0 saturated heterocycles. The molecule has 1 aromatic carbocycles. The van der Waals surface area contributed by atoms with E-state index in [1.807, 2.05) is 18.2 Å². The predicted octanol–water partition coefficient (Wildman–Crippen LogP) is 2.13. The Balaban J connectivity index is 1.88. The summed E-state index contributed by atoms with van der Waals surface area (Å²) in [5.74, 6) is 0.993. The summed E-state index contributed by atoms with van der Waals surface area (Å²) in [6.07, 6.45) is 1.98. The first-order chi connectivity index (χ1) is 8.17. The van der Waals surface area contributed by atoms with Crippen LogP contribution in [0.3, 0.4) is 0 Å². The largest absolute Gasteiger partial charge is 0.487 e. The minimum absolute atomic E-state index is 0.129. The van der Waals surface area contributed by atoms with Crippen molar-refractivity contribution in [2.24, 2.45) is 5.73 Å². The lowest BCUT2D eigenvalue weighted by molar-refractivity contribution is -0.0562. The van der Waals surface area contributed by atoms with Crippen LogP contribution >= 0.6 is 0 Å². The van der Waals surface area contributed by atoms with Gasteiger partial charge in [-0.15, -0.1) is 0 Å². The lowest BCUT2D eigenvalue weighted by Gasteiger charge is -2.28. The first-order valence-electron chi connectivity index (χ1n) is 6.25. The number of nitrogens with two attached hydrogens (primary N) is 1. The number of ether oxygens (including phenoxy) is 2. The van der Waals surface area contributed by atoms with E-state index in [0.29, 0.717) is 13.2 Å². The molecule has 0 saturated carbocycles. The zero-order valence-corrected chi connectivity index (χ0v) is 10.6. The lowest BCUT2D eigenvalue weighted by atomic mass is 10.0. The fourth-order valence-corrected chi connectivity index (χ4v) is 1.95. The number of fused-ring (bicyclic) bond motifs is 1. The summed E-state index contributed by atoms with van der Waals surface area (Å²) < 4.78 is 11.7. The van der Waals surface area contributed by atoms with Gasteiger partial charge in [-0.1, -0.05) is 25.1 Å². The molecule has 2 rings (SSSR count). The van der Waals surface area contributed by atoms with E-state index in [1.165, 1.54) is 5.56 Å². The Hall–Kier alpha value is -1.06. The summed E-state index contributed by atoms with van der Waals surface area (Å²) in [4.78, 5) is 0. The van der Waals surface area contributed by atoms with Crippen LogP contribution in [0.2, 0.25) is 0 Å². The molecule has 3 nitrogen and oxygen atoms in total. The van der Waals surface area contributed by atoms with E-state index in [2.05, 4.69) is 19.9 Å². The van der Waals surface area contributed by atoms with Gasteiger partial charge in [0.15, 0.2) is 0 Å². The topological polar surface area (TPSA) is 44.5 Å². The maximum absolute atomic E-state index is 5.89. The average Bonchev–Trinajstić information content (AvgIpc) is 2.79. The maximum atomic E-state index is 5.89. The summed E-state index contributed by atoms with van der Waals surface area (Å²) in [5, 5.41) is 0. The summed E-state index contributed by atoms with van der Waals surface area (Å²) in [6, 6.07) is 8.16. The Morgan fingerprint density at radius 2 is 2.24 bits per heavy atom. The van der Waals surface area contributed by atoms with Gasteiger partial charge in [0.1, 0.15) is 11.9 Å². The smallest absolute Gasteiger partial charge is 0.126 e. The van der Waals surface area contributed by atoms with Crippen LogP contribution in [-0.2, 0) is 11.2 Å². The van der Waals surface area contributed by atoms with Crippen LogP contribution in [0.25, 0.3) is 0 Å². The van der Waals surface area contributed by atoms with Gasteiger partial charge >= 0.3 is 0 Å². The molecular formula is C14H21NO2. The van der Waals surface area contributed by atoms with Crippen LogP contribution in [0.15, 0.2) is 24.3 Å². The molecule has 0 fully saturated rings. The number of benzene rings is 1. The first kappa shape index (κ1) is 12.4. The molecule has 94 valence electrons. The van der Waals surface area contributed by atoms with Gasteiger partial charge in [0.25, 0.3) is 0 Å². The third-order valence-electron chi connectivity index (χ3n) is 3.51. The Labute approximate surface area is 103 Å². The summed E-state index contributed by atoms with van der Waals surface area (Å²) in [5.41, 5.74) is 6.77. The molecule has 0 spiro atoms. The van der Waals surface area contributed by atoms with Crippen molar-refractivity contribution < 1.29 is 9.47 Å². The second-order valence-corrected chi connectivity index (χ2v) is 4.87. The molecule has 1 aliphatic rings. The molecule has 0 radical (unpaired) electrons. The van der Waals surface area contributed by atoms with Gasteiger partial charge in [0, 0.05) is 13.0 Å². The molecule has 0 aliphatic carbocycles. The Kier molecular flexibility index (Phi) is 3.69. The van der Waals surface area contributed by atoms with Crippen LogP contribution in [-0.4, -0.2) is 24.9 Å². The van der Waals surface area contributed by atoms with Crippen LogP contribution in [0.4, 0.5) is 0 Å². The van der Waals surface area contributed by atoms with E-state index < -0.39 is 0 Å². The van der Waals surface area contributed by atoms with Crippen LogP contribution < -0.4 is 10.5 Å². The lowest BCUT2D eigenvalue weighted by Crippen LogP contribution is -2.39. The Morgan fingerprint density at radius 3 is 2.88 bits per heavy atom. The highest BCUT2D eigenvalue weighted by molar-refractivity contribution is 5.37. The Morgan fingerprint density at radius 1 is 1.47 bits per heavy atom. The minimum atomic E-state index is -0.224. The molecule has 0 amide bonds. The summed E-state index contributed by atoms with van der Waals surface area (Å²) in [7, 11) is 0. The van der Waals surface area contributed by atoms with E-state index >= 15 is 0 Å². The van der Waals surface area contributed by atoms with Crippen molar-refractivity contribution in [3.8, 4) is 5.75 Å². The number of rotatable bonds is 5. The molecule has 17 heavy (non-hydrogen) atoms. The van der Waals surface area contributed by atoms with Gasteiger partial charge in [-0.3, -0.25) is 0 Å². The van der Waals surface area contributed by atoms with Gasteiger partial charge in [-0.05, 0) is 25.0 Å². The van der Waals surface area contributed by atoms with E-state index in [9.17, 15) is 0 Å².